The van der Waals surface area contributed by atoms with Crippen LogP contribution in [0.4, 0.5) is 5.69 Å². The van der Waals surface area contributed by atoms with Crippen molar-refractivity contribution >= 4 is 34.4 Å². The van der Waals surface area contributed by atoms with Gasteiger partial charge in [-0.05, 0) is 47.9 Å². The molecule has 0 spiro atoms. The first kappa shape index (κ1) is 16.1. The third kappa shape index (κ3) is 2.88. The number of hydrogen-bond donors (Lipinski definition) is 1. The highest BCUT2D eigenvalue weighted by Crippen LogP contribution is 2.45. The molecule has 25 heavy (non-hydrogen) atoms. The van der Waals surface area contributed by atoms with Crippen LogP contribution < -0.4 is 15.0 Å². The molecule has 1 saturated heterocycles. The lowest BCUT2D eigenvalue weighted by atomic mass is 10.0. The van der Waals surface area contributed by atoms with Crippen molar-refractivity contribution in [2.75, 3.05) is 12.0 Å². The Kier molecular flexibility index (Phi) is 4.38. The third-order valence-electron chi connectivity index (χ3n) is 4.28. The zero-order valence-electron chi connectivity index (χ0n) is 13.6. The predicted molar refractivity (Wildman–Crippen MR) is 105 cm³/mol. The van der Waals surface area contributed by atoms with Gasteiger partial charge in [0.05, 0.1) is 30.6 Å². The number of ether oxygens (including phenoxy) is 1. The van der Waals surface area contributed by atoms with Gasteiger partial charge >= 0.3 is 0 Å². The molecule has 0 radical (unpaired) electrons. The van der Waals surface area contributed by atoms with Gasteiger partial charge in [0.25, 0.3) is 0 Å². The van der Waals surface area contributed by atoms with Crippen molar-refractivity contribution in [3.8, 4) is 5.75 Å². The van der Waals surface area contributed by atoms with E-state index in [2.05, 4.69) is 32.7 Å². The summed E-state index contributed by atoms with van der Waals surface area (Å²) in [5.41, 5.74) is 1.93. The molecule has 126 valence electrons. The minimum absolute atomic E-state index is 0.0164. The molecule has 3 aromatic rings. The molecule has 1 aromatic carbocycles. The van der Waals surface area contributed by atoms with E-state index in [1.807, 2.05) is 48.7 Å². The van der Waals surface area contributed by atoms with E-state index < -0.39 is 0 Å². The van der Waals surface area contributed by atoms with Gasteiger partial charge in [-0.1, -0.05) is 24.3 Å². The number of rotatable bonds is 4. The summed E-state index contributed by atoms with van der Waals surface area (Å²) in [7, 11) is 1.68. The second-order valence-corrected chi connectivity index (χ2v) is 7.05. The minimum Gasteiger partial charge on any atom is -0.495 e. The average molecular weight is 367 g/mol. The standard InChI is InChI=1S/C19H17N3OS2/c1-23-15-9-3-2-8-14(15)22-18(16-10-6-12-25-16)17(21-19(22)24)13-7-4-5-11-20-13/h2-12,17-18H,1H3,(H,21,24)/t17-,18-/m0/s1. The number of thiophene rings is 1. The van der Waals surface area contributed by atoms with Gasteiger partial charge in [-0.2, -0.15) is 0 Å². The molecule has 0 amide bonds. The smallest absolute Gasteiger partial charge is 0.174 e. The Hall–Kier alpha value is -2.44. The van der Waals surface area contributed by atoms with Crippen LogP contribution in [0.2, 0.25) is 0 Å². The summed E-state index contributed by atoms with van der Waals surface area (Å²) in [5, 5.41) is 6.22. The van der Waals surface area contributed by atoms with Crippen LogP contribution >= 0.6 is 23.6 Å². The number of hydrogen-bond acceptors (Lipinski definition) is 4. The first-order valence-electron chi connectivity index (χ1n) is 7.96. The largest absolute Gasteiger partial charge is 0.495 e. The Labute approximate surface area is 156 Å². The van der Waals surface area contributed by atoms with Crippen LogP contribution in [0, 0.1) is 0 Å². The first-order chi connectivity index (χ1) is 12.3. The quantitative estimate of drug-likeness (QED) is 0.695. The molecule has 6 heteroatoms. The van der Waals surface area contributed by atoms with Crippen LogP contribution in [0.5, 0.6) is 5.75 Å². The van der Waals surface area contributed by atoms with E-state index >= 15 is 0 Å². The summed E-state index contributed by atoms with van der Waals surface area (Å²) in [6, 6.07) is 18.1. The molecule has 4 nitrogen and oxygen atoms in total. The maximum absolute atomic E-state index is 5.69. The third-order valence-corrected chi connectivity index (χ3v) is 5.54. The van der Waals surface area contributed by atoms with E-state index in [1.165, 1.54) is 4.88 Å². The van der Waals surface area contributed by atoms with Crippen molar-refractivity contribution in [1.82, 2.24) is 10.3 Å². The van der Waals surface area contributed by atoms with Crippen molar-refractivity contribution < 1.29 is 4.74 Å². The first-order valence-corrected chi connectivity index (χ1v) is 9.25. The van der Waals surface area contributed by atoms with Crippen molar-refractivity contribution in [2.45, 2.75) is 12.1 Å². The van der Waals surface area contributed by atoms with Crippen molar-refractivity contribution in [2.24, 2.45) is 0 Å². The van der Waals surface area contributed by atoms with Crippen LogP contribution in [0.1, 0.15) is 22.7 Å². The maximum atomic E-state index is 5.69. The Balaban J connectivity index is 1.84. The molecule has 4 rings (SSSR count). The molecule has 0 aliphatic carbocycles. The van der Waals surface area contributed by atoms with Crippen LogP contribution in [0.15, 0.2) is 66.2 Å². The Morgan fingerprint density at radius 2 is 1.96 bits per heavy atom. The number of nitrogens with one attached hydrogen (secondary N) is 1. The van der Waals surface area contributed by atoms with Crippen LogP contribution in [0.3, 0.4) is 0 Å². The molecule has 2 aromatic heterocycles. The topological polar surface area (TPSA) is 37.4 Å². The Bertz CT molecular complexity index is 867. The van der Waals surface area contributed by atoms with Gasteiger partial charge in [-0.15, -0.1) is 11.3 Å². The number of anilines is 1. The zero-order chi connectivity index (χ0) is 17.2. The van der Waals surface area contributed by atoms with Crippen LogP contribution in [-0.4, -0.2) is 17.2 Å². The maximum Gasteiger partial charge on any atom is 0.174 e. The molecule has 1 aliphatic heterocycles. The summed E-state index contributed by atoms with van der Waals surface area (Å²) in [4.78, 5) is 7.92. The molecule has 3 heterocycles. The fraction of sp³-hybridized carbons (Fsp3) is 0.158. The highest BCUT2D eigenvalue weighted by molar-refractivity contribution is 7.80. The highest BCUT2D eigenvalue weighted by atomic mass is 32.1. The number of para-hydroxylation sites is 2. The van der Waals surface area contributed by atoms with Gasteiger partial charge in [-0.3, -0.25) is 4.98 Å². The van der Waals surface area contributed by atoms with Crippen LogP contribution in [-0.2, 0) is 0 Å². The van der Waals surface area contributed by atoms with Crippen molar-refractivity contribution in [3.63, 3.8) is 0 Å². The second kappa shape index (κ2) is 6.82. The van der Waals surface area contributed by atoms with Crippen molar-refractivity contribution in [3.05, 3.63) is 76.7 Å². The summed E-state index contributed by atoms with van der Waals surface area (Å²) in [6.45, 7) is 0. The minimum atomic E-state index is -0.0164. The fourth-order valence-corrected chi connectivity index (χ4v) is 4.38. The molecule has 0 unspecified atom stereocenters. The number of nitrogens with zero attached hydrogens (tertiary/aromatic N) is 2. The molecule has 0 bridgehead atoms. The molecule has 0 saturated carbocycles. The number of thiocarbonyl (C=S) groups is 1. The summed E-state index contributed by atoms with van der Waals surface area (Å²) in [6.07, 6.45) is 1.82. The average Bonchev–Trinajstić information content (AvgIpc) is 3.30. The van der Waals surface area contributed by atoms with Gasteiger partial charge in [0, 0.05) is 11.1 Å². The van der Waals surface area contributed by atoms with Crippen molar-refractivity contribution in [1.29, 1.82) is 0 Å². The summed E-state index contributed by atoms with van der Waals surface area (Å²) < 4.78 is 5.57. The SMILES string of the molecule is COc1ccccc1N1C(=S)N[C@@H](c2ccccn2)[C@@H]1c1cccs1. The van der Waals surface area contributed by atoms with Gasteiger partial charge in [0.15, 0.2) is 5.11 Å². The van der Waals surface area contributed by atoms with E-state index in [4.69, 9.17) is 17.0 Å². The Morgan fingerprint density at radius 3 is 2.68 bits per heavy atom. The molecule has 1 N–H and O–H groups in total. The molecular formula is C19H17N3OS2. The fourth-order valence-electron chi connectivity index (χ4n) is 3.19. The lowest BCUT2D eigenvalue weighted by Crippen LogP contribution is -2.29. The number of aromatic nitrogens is 1. The van der Waals surface area contributed by atoms with E-state index in [9.17, 15) is 0 Å². The van der Waals surface area contributed by atoms with E-state index in [1.54, 1.807) is 18.4 Å². The van der Waals surface area contributed by atoms with Gasteiger partial charge in [0.1, 0.15) is 5.75 Å². The Morgan fingerprint density at radius 1 is 1.12 bits per heavy atom. The number of pyridine rings is 1. The lowest BCUT2D eigenvalue weighted by Gasteiger charge is -2.28. The van der Waals surface area contributed by atoms with Gasteiger partial charge < -0.3 is 15.0 Å². The predicted octanol–water partition coefficient (Wildman–Crippen LogP) is 4.33. The molecule has 1 aliphatic rings. The normalized spacial score (nSPS) is 19.7. The van der Waals surface area contributed by atoms with E-state index in [0.29, 0.717) is 5.11 Å². The monoisotopic (exact) mass is 367 g/mol. The summed E-state index contributed by atoms with van der Waals surface area (Å²) in [5.74, 6) is 0.801. The number of benzene rings is 1. The lowest BCUT2D eigenvalue weighted by molar-refractivity contribution is 0.414. The second-order valence-electron chi connectivity index (χ2n) is 5.68. The number of methoxy groups -OCH3 is 1. The summed E-state index contributed by atoms with van der Waals surface area (Å²) >= 11 is 7.42. The zero-order valence-corrected chi connectivity index (χ0v) is 15.3. The molecular weight excluding hydrogens is 350 g/mol. The van der Waals surface area contributed by atoms with Crippen LogP contribution in [0.25, 0.3) is 0 Å². The van der Waals surface area contributed by atoms with Gasteiger partial charge in [0.2, 0.25) is 0 Å². The molecule has 2 atom stereocenters. The highest BCUT2D eigenvalue weighted by Gasteiger charge is 2.42. The van der Waals surface area contributed by atoms with E-state index in [0.717, 1.165) is 17.1 Å². The van der Waals surface area contributed by atoms with Gasteiger partial charge in [-0.25, -0.2) is 0 Å². The van der Waals surface area contributed by atoms with E-state index in [-0.39, 0.29) is 12.1 Å². The molecule has 1 fully saturated rings.